The van der Waals surface area contributed by atoms with Crippen LogP contribution >= 0.6 is 24.0 Å². The maximum absolute atomic E-state index is 12.8. The largest absolute Gasteiger partial charge is 0.469 e. The molecule has 0 bridgehead atoms. The lowest BCUT2D eigenvalue weighted by atomic mass is 10.1. The van der Waals surface area contributed by atoms with E-state index in [4.69, 9.17) is 4.42 Å². The fourth-order valence-corrected chi connectivity index (χ4v) is 2.05. The second-order valence-electron chi connectivity index (χ2n) is 4.89. The van der Waals surface area contributed by atoms with E-state index in [1.54, 1.807) is 18.4 Å². The molecule has 0 aliphatic rings. The number of nitrogens with zero attached hydrogens (tertiary/aromatic N) is 1. The third-order valence-electron chi connectivity index (χ3n) is 3.17. The Kier molecular flexibility index (Phi) is 9.35. The van der Waals surface area contributed by atoms with Crippen LogP contribution in [0.2, 0.25) is 0 Å². The van der Waals surface area contributed by atoms with E-state index in [0.29, 0.717) is 6.54 Å². The van der Waals surface area contributed by atoms with Gasteiger partial charge in [0.05, 0.1) is 6.26 Å². The van der Waals surface area contributed by atoms with Crippen LogP contribution in [-0.4, -0.2) is 25.6 Å². The lowest BCUT2D eigenvalue weighted by Crippen LogP contribution is -2.38. The summed E-state index contributed by atoms with van der Waals surface area (Å²) in [6.45, 7) is 4.25. The van der Waals surface area contributed by atoms with E-state index in [-0.39, 0.29) is 29.8 Å². The fourth-order valence-electron chi connectivity index (χ4n) is 2.05. The summed E-state index contributed by atoms with van der Waals surface area (Å²) in [6.07, 6.45) is 3.27. The fraction of sp³-hybridized carbons (Fsp3) is 0.353. The Morgan fingerprint density at radius 2 is 1.91 bits per heavy atom. The summed E-state index contributed by atoms with van der Waals surface area (Å²) in [4.78, 5) is 4.51. The molecule has 0 atom stereocenters. The van der Waals surface area contributed by atoms with Gasteiger partial charge in [-0.25, -0.2) is 4.39 Å². The molecular weight excluding hydrogens is 408 g/mol. The number of rotatable bonds is 7. The Morgan fingerprint density at radius 3 is 2.57 bits per heavy atom. The van der Waals surface area contributed by atoms with E-state index >= 15 is 0 Å². The Morgan fingerprint density at radius 1 is 1.13 bits per heavy atom. The summed E-state index contributed by atoms with van der Waals surface area (Å²) in [7, 11) is 0. The van der Waals surface area contributed by atoms with Crippen molar-refractivity contribution >= 4 is 29.9 Å². The molecule has 0 spiro atoms. The third-order valence-corrected chi connectivity index (χ3v) is 3.17. The van der Waals surface area contributed by atoms with Crippen LogP contribution in [0.15, 0.2) is 52.1 Å². The first-order chi connectivity index (χ1) is 10.8. The van der Waals surface area contributed by atoms with Gasteiger partial charge in [-0.1, -0.05) is 12.1 Å². The lowest BCUT2D eigenvalue weighted by molar-refractivity contribution is 0.510. The number of benzene rings is 1. The smallest absolute Gasteiger partial charge is 0.191 e. The van der Waals surface area contributed by atoms with Crippen LogP contribution in [0, 0.1) is 5.82 Å². The molecule has 1 aromatic heterocycles. The van der Waals surface area contributed by atoms with Crippen molar-refractivity contribution < 1.29 is 8.81 Å². The van der Waals surface area contributed by atoms with E-state index in [1.807, 2.05) is 19.1 Å². The summed E-state index contributed by atoms with van der Waals surface area (Å²) < 4.78 is 18.1. The molecule has 0 saturated heterocycles. The Hall–Kier alpha value is -1.57. The number of nitrogens with one attached hydrogen (secondary N) is 2. The lowest BCUT2D eigenvalue weighted by Gasteiger charge is -2.11. The van der Waals surface area contributed by atoms with Crippen LogP contribution in [0.25, 0.3) is 0 Å². The van der Waals surface area contributed by atoms with Crippen molar-refractivity contribution in [2.75, 3.05) is 19.6 Å². The minimum atomic E-state index is -0.204. The summed E-state index contributed by atoms with van der Waals surface area (Å²) in [5.74, 6) is 1.52. The first-order valence-corrected chi connectivity index (χ1v) is 7.57. The SMILES string of the molecule is CCNC(=NCCc1ccco1)NCCc1ccc(F)cc1.I. The highest BCUT2D eigenvalue weighted by atomic mass is 127. The van der Waals surface area contributed by atoms with Gasteiger partial charge < -0.3 is 15.1 Å². The van der Waals surface area contributed by atoms with Crippen molar-refractivity contribution in [3.05, 3.63) is 59.8 Å². The maximum Gasteiger partial charge on any atom is 0.191 e. The molecule has 0 fully saturated rings. The molecule has 1 aromatic carbocycles. The summed E-state index contributed by atoms with van der Waals surface area (Å²) in [5, 5.41) is 6.48. The molecule has 0 aliphatic carbocycles. The Balaban J connectivity index is 0.00000264. The molecule has 23 heavy (non-hydrogen) atoms. The second kappa shape index (κ2) is 11.0. The number of guanidine groups is 1. The zero-order chi connectivity index (χ0) is 15.6. The van der Waals surface area contributed by atoms with Gasteiger partial charge in [0.2, 0.25) is 0 Å². The third kappa shape index (κ3) is 7.49. The van der Waals surface area contributed by atoms with Gasteiger partial charge >= 0.3 is 0 Å². The summed E-state index contributed by atoms with van der Waals surface area (Å²) >= 11 is 0. The summed E-state index contributed by atoms with van der Waals surface area (Å²) in [6, 6.07) is 10.4. The minimum absolute atomic E-state index is 0. The van der Waals surface area contributed by atoms with E-state index < -0.39 is 0 Å². The highest BCUT2D eigenvalue weighted by molar-refractivity contribution is 14.0. The predicted molar refractivity (Wildman–Crippen MR) is 102 cm³/mol. The molecule has 0 saturated carbocycles. The van der Waals surface area contributed by atoms with Crippen molar-refractivity contribution in [1.29, 1.82) is 0 Å². The monoisotopic (exact) mass is 431 g/mol. The van der Waals surface area contributed by atoms with E-state index in [1.165, 1.54) is 12.1 Å². The molecule has 0 amide bonds. The average molecular weight is 431 g/mol. The molecular formula is C17H23FIN3O. The van der Waals surface area contributed by atoms with Crippen molar-refractivity contribution in [1.82, 2.24) is 10.6 Å². The molecule has 0 unspecified atom stereocenters. The maximum atomic E-state index is 12.8. The molecule has 126 valence electrons. The number of furan rings is 1. The topological polar surface area (TPSA) is 49.6 Å². The number of halogens is 2. The predicted octanol–water partition coefficient (Wildman–Crippen LogP) is 3.38. The van der Waals surface area contributed by atoms with Gasteiger partial charge in [0.25, 0.3) is 0 Å². The van der Waals surface area contributed by atoms with Gasteiger partial charge in [0.15, 0.2) is 5.96 Å². The van der Waals surface area contributed by atoms with Gasteiger partial charge in [-0.2, -0.15) is 0 Å². The zero-order valence-electron chi connectivity index (χ0n) is 13.2. The average Bonchev–Trinajstić information content (AvgIpc) is 3.02. The highest BCUT2D eigenvalue weighted by Crippen LogP contribution is 2.03. The molecule has 2 aromatic rings. The van der Waals surface area contributed by atoms with Crippen molar-refractivity contribution in [3.63, 3.8) is 0 Å². The second-order valence-corrected chi connectivity index (χ2v) is 4.89. The standard InChI is InChI=1S/C17H22FN3O.HI/c1-2-19-17(21-12-10-16-4-3-13-22-16)20-11-9-14-5-7-15(18)8-6-14;/h3-8,13H,2,9-12H2,1H3,(H2,19,20,21);1H. The van der Waals surface area contributed by atoms with Gasteiger partial charge in [0, 0.05) is 26.1 Å². The molecule has 2 N–H and O–H groups in total. The zero-order valence-corrected chi connectivity index (χ0v) is 15.5. The van der Waals surface area contributed by atoms with Crippen LogP contribution in [0.1, 0.15) is 18.2 Å². The van der Waals surface area contributed by atoms with Gasteiger partial charge in [-0.15, -0.1) is 24.0 Å². The minimum Gasteiger partial charge on any atom is -0.469 e. The van der Waals surface area contributed by atoms with Crippen LogP contribution in [0.4, 0.5) is 4.39 Å². The first-order valence-electron chi connectivity index (χ1n) is 7.57. The molecule has 1 heterocycles. The van der Waals surface area contributed by atoms with Gasteiger partial charge in [-0.3, -0.25) is 4.99 Å². The normalized spacial score (nSPS) is 11.0. The molecule has 0 aliphatic heterocycles. The van der Waals surface area contributed by atoms with Gasteiger partial charge in [0.1, 0.15) is 11.6 Å². The quantitative estimate of drug-likeness (QED) is 0.402. The van der Waals surface area contributed by atoms with Gasteiger partial charge in [-0.05, 0) is 43.2 Å². The molecule has 4 nitrogen and oxygen atoms in total. The molecule has 0 radical (unpaired) electrons. The number of hydrogen-bond acceptors (Lipinski definition) is 2. The van der Waals surface area contributed by atoms with Crippen molar-refractivity contribution in [2.24, 2.45) is 4.99 Å². The van der Waals surface area contributed by atoms with Crippen LogP contribution in [-0.2, 0) is 12.8 Å². The van der Waals surface area contributed by atoms with E-state index in [2.05, 4.69) is 15.6 Å². The number of hydrogen-bond donors (Lipinski definition) is 2. The number of aliphatic imine (C=N–C) groups is 1. The highest BCUT2D eigenvalue weighted by Gasteiger charge is 1.99. The molecule has 6 heteroatoms. The van der Waals surface area contributed by atoms with Crippen LogP contribution in [0.3, 0.4) is 0 Å². The van der Waals surface area contributed by atoms with Crippen molar-refractivity contribution in [2.45, 2.75) is 19.8 Å². The Bertz CT molecular complexity index is 570. The Labute approximate surface area is 153 Å². The van der Waals surface area contributed by atoms with E-state index in [9.17, 15) is 4.39 Å². The summed E-state index contributed by atoms with van der Waals surface area (Å²) in [5.41, 5.74) is 1.10. The van der Waals surface area contributed by atoms with E-state index in [0.717, 1.165) is 43.2 Å². The van der Waals surface area contributed by atoms with Crippen LogP contribution < -0.4 is 10.6 Å². The van der Waals surface area contributed by atoms with Crippen molar-refractivity contribution in [3.8, 4) is 0 Å². The first kappa shape index (κ1) is 19.5. The molecule has 2 rings (SSSR count). The van der Waals surface area contributed by atoms with Crippen LogP contribution in [0.5, 0.6) is 0 Å².